The summed E-state index contributed by atoms with van der Waals surface area (Å²) in [5.74, 6) is -0.00499. The number of alkyl halides is 3. The minimum atomic E-state index is -4.48. The first-order chi connectivity index (χ1) is 19.9. The zero-order valence-corrected chi connectivity index (χ0v) is 24.8. The largest absolute Gasteiger partial charge is 0.445 e. The first kappa shape index (κ1) is 30.1. The lowest BCUT2D eigenvalue weighted by Crippen LogP contribution is -2.43. The number of hydrogen-bond donors (Lipinski definition) is 0. The fraction of sp³-hybridized carbons (Fsp3) is 0.400. The van der Waals surface area contributed by atoms with Crippen LogP contribution >= 0.6 is 24.0 Å². The van der Waals surface area contributed by atoms with E-state index in [0.717, 1.165) is 40.8 Å². The average Bonchev–Trinajstić information content (AvgIpc) is 3.52. The summed E-state index contributed by atoms with van der Waals surface area (Å²) >= 11 is 6.45. The molecule has 0 radical (unpaired) electrons. The zero-order valence-electron chi connectivity index (χ0n) is 23.2. The molecule has 222 valence electrons. The molecule has 2 aromatic carbocycles. The van der Waals surface area contributed by atoms with E-state index < -0.39 is 17.8 Å². The zero-order chi connectivity index (χ0) is 30.2. The molecule has 2 aliphatic heterocycles. The number of amides is 3. The van der Waals surface area contributed by atoms with Gasteiger partial charge in [0.05, 0.1) is 17.4 Å². The summed E-state index contributed by atoms with van der Waals surface area (Å²) in [6.07, 6.45) is -0.910. The topological polar surface area (TPSA) is 70.2 Å². The Morgan fingerprint density at radius 3 is 2.62 bits per heavy atom. The van der Waals surface area contributed by atoms with Gasteiger partial charge in [-0.3, -0.25) is 14.5 Å². The van der Waals surface area contributed by atoms with Crippen molar-refractivity contribution in [2.24, 2.45) is 0 Å². The summed E-state index contributed by atoms with van der Waals surface area (Å²) in [5, 5.41) is 0. The van der Waals surface area contributed by atoms with Crippen molar-refractivity contribution in [3.05, 3.63) is 75.9 Å². The molecule has 7 nitrogen and oxygen atoms in total. The van der Waals surface area contributed by atoms with Gasteiger partial charge in [0.15, 0.2) is 0 Å². The van der Waals surface area contributed by atoms with Crippen molar-refractivity contribution in [3.8, 4) is 0 Å². The van der Waals surface area contributed by atoms with Crippen LogP contribution in [0.15, 0.2) is 42.5 Å². The van der Waals surface area contributed by atoms with Crippen molar-refractivity contribution in [1.29, 1.82) is 0 Å². The second-order valence-corrected chi connectivity index (χ2v) is 12.3. The molecule has 42 heavy (non-hydrogen) atoms. The van der Waals surface area contributed by atoms with Gasteiger partial charge >= 0.3 is 12.3 Å². The molecule has 2 aromatic rings. The van der Waals surface area contributed by atoms with Gasteiger partial charge in [-0.1, -0.05) is 53.8 Å². The Morgan fingerprint density at radius 1 is 1.17 bits per heavy atom. The first-order valence-electron chi connectivity index (χ1n) is 13.5. The summed E-state index contributed by atoms with van der Waals surface area (Å²) in [7, 11) is 1.64. The molecule has 1 saturated heterocycles. The molecule has 0 bridgehead atoms. The van der Waals surface area contributed by atoms with Crippen LogP contribution in [0.2, 0.25) is 0 Å². The minimum absolute atomic E-state index is 0.0375. The molecule has 0 spiro atoms. The molecule has 2 heterocycles. The molecule has 0 aromatic heterocycles. The number of carbonyl (C=O) groups is 3. The fourth-order valence-corrected chi connectivity index (χ4v) is 6.66. The lowest BCUT2D eigenvalue weighted by atomic mass is 9.95. The van der Waals surface area contributed by atoms with Crippen molar-refractivity contribution >= 4 is 51.8 Å². The van der Waals surface area contributed by atoms with Gasteiger partial charge in [-0.25, -0.2) is 4.79 Å². The van der Waals surface area contributed by atoms with Crippen molar-refractivity contribution < 1.29 is 32.3 Å². The Balaban J connectivity index is 1.22. The number of rotatable bonds is 6. The van der Waals surface area contributed by atoms with E-state index in [4.69, 9.17) is 17.0 Å². The third-order valence-corrected chi connectivity index (χ3v) is 9.27. The van der Waals surface area contributed by atoms with E-state index in [-0.39, 0.29) is 42.3 Å². The third-order valence-electron chi connectivity index (χ3n) is 7.84. The predicted octanol–water partition coefficient (Wildman–Crippen LogP) is 5.75. The number of benzene rings is 2. The number of thiocarbonyl (C=S) groups is 1. The quantitative estimate of drug-likeness (QED) is 0.385. The maximum Gasteiger partial charge on any atom is 0.416 e. The first-order valence-corrected chi connectivity index (χ1v) is 14.9. The fourth-order valence-electron chi connectivity index (χ4n) is 5.59. The number of carbonyl (C=O) groups excluding carboxylic acids is 3. The van der Waals surface area contributed by atoms with Crippen LogP contribution in [0.5, 0.6) is 0 Å². The molecule has 3 aliphatic rings. The van der Waals surface area contributed by atoms with E-state index in [9.17, 15) is 27.6 Å². The van der Waals surface area contributed by atoms with Crippen molar-refractivity contribution in [1.82, 2.24) is 14.7 Å². The van der Waals surface area contributed by atoms with Gasteiger partial charge in [-0.15, -0.1) is 0 Å². The standard InChI is InChI=1S/C30H30F3N3O4S2/c1-18-11-19(13-23(12-18)30(31,32)33)16-40-28(39)34(2)25-6-5-21-3-4-22(14-24(21)25)20-7-9-35(10-8-20)26(37)15-36-27(38)17-42-29(36)41/h3-4,7,11-14,25H,5-6,8-10,15-17H2,1-2H3. The lowest BCUT2D eigenvalue weighted by Gasteiger charge is -2.29. The number of aryl methyl sites for hydroxylation is 2. The predicted molar refractivity (Wildman–Crippen MR) is 158 cm³/mol. The molecule has 5 rings (SSSR count). The van der Waals surface area contributed by atoms with E-state index in [1.807, 2.05) is 6.08 Å². The number of nitrogens with zero attached hydrogens (tertiary/aromatic N) is 3. The van der Waals surface area contributed by atoms with Gasteiger partial charge in [0.25, 0.3) is 0 Å². The number of ether oxygens (including phenoxy) is 1. The van der Waals surface area contributed by atoms with Gasteiger partial charge in [-0.05, 0) is 72.2 Å². The molecular formula is C30H30F3N3O4S2. The molecular weight excluding hydrogens is 587 g/mol. The van der Waals surface area contributed by atoms with E-state index in [1.165, 1.54) is 21.6 Å². The van der Waals surface area contributed by atoms with Gasteiger partial charge in [0, 0.05) is 20.1 Å². The summed E-state index contributed by atoms with van der Waals surface area (Å²) in [6, 6.07) is 9.61. The van der Waals surface area contributed by atoms with Gasteiger partial charge < -0.3 is 14.5 Å². The van der Waals surface area contributed by atoms with Crippen molar-refractivity contribution in [2.45, 2.75) is 45.0 Å². The van der Waals surface area contributed by atoms with Crippen LogP contribution in [-0.4, -0.2) is 69.4 Å². The molecule has 1 fully saturated rings. The van der Waals surface area contributed by atoms with Crippen LogP contribution in [0.25, 0.3) is 5.57 Å². The maximum absolute atomic E-state index is 13.2. The van der Waals surface area contributed by atoms with Crippen LogP contribution < -0.4 is 0 Å². The summed E-state index contributed by atoms with van der Waals surface area (Å²) in [6.45, 7) is 2.23. The highest BCUT2D eigenvalue weighted by Crippen LogP contribution is 2.38. The van der Waals surface area contributed by atoms with Crippen molar-refractivity contribution in [2.75, 3.05) is 32.4 Å². The Hall–Kier alpha value is -3.38. The number of hydrogen-bond acceptors (Lipinski definition) is 6. The van der Waals surface area contributed by atoms with E-state index in [0.29, 0.717) is 35.8 Å². The van der Waals surface area contributed by atoms with Crippen LogP contribution in [0, 0.1) is 6.92 Å². The maximum atomic E-state index is 13.2. The van der Waals surface area contributed by atoms with E-state index in [2.05, 4.69) is 18.2 Å². The molecule has 1 aliphatic carbocycles. The lowest BCUT2D eigenvalue weighted by molar-refractivity contribution is -0.137. The number of thioether (sulfide) groups is 1. The normalized spacial score (nSPS) is 18.7. The SMILES string of the molecule is Cc1cc(COC(=O)N(C)C2CCc3ccc(C4=CCN(C(=O)CN5C(=O)CSC5=S)CC4)cc32)cc(C(F)(F)F)c1. The molecule has 1 unspecified atom stereocenters. The number of halogens is 3. The van der Waals surface area contributed by atoms with Crippen LogP contribution in [0.3, 0.4) is 0 Å². The highest BCUT2D eigenvalue weighted by molar-refractivity contribution is 8.23. The molecule has 1 atom stereocenters. The molecule has 0 saturated carbocycles. The molecule has 0 N–H and O–H groups in total. The minimum Gasteiger partial charge on any atom is -0.445 e. The Morgan fingerprint density at radius 2 is 1.95 bits per heavy atom. The third kappa shape index (κ3) is 6.49. The van der Waals surface area contributed by atoms with Crippen LogP contribution in [-0.2, 0) is 33.5 Å². The summed E-state index contributed by atoms with van der Waals surface area (Å²) in [5.41, 5.74) is 4.21. The van der Waals surface area contributed by atoms with Crippen LogP contribution in [0.4, 0.5) is 18.0 Å². The van der Waals surface area contributed by atoms with Crippen molar-refractivity contribution in [3.63, 3.8) is 0 Å². The Kier molecular flexibility index (Phi) is 8.66. The smallest absolute Gasteiger partial charge is 0.416 e. The Bertz CT molecular complexity index is 1460. The number of fused-ring (bicyclic) bond motifs is 1. The van der Waals surface area contributed by atoms with Crippen LogP contribution in [0.1, 0.15) is 52.3 Å². The Labute approximate surface area is 251 Å². The average molecular weight is 618 g/mol. The van der Waals surface area contributed by atoms with Gasteiger partial charge in [0.2, 0.25) is 11.8 Å². The van der Waals surface area contributed by atoms with Gasteiger partial charge in [-0.2, -0.15) is 13.2 Å². The van der Waals surface area contributed by atoms with E-state index in [1.54, 1.807) is 24.9 Å². The van der Waals surface area contributed by atoms with E-state index >= 15 is 0 Å². The molecule has 12 heteroatoms. The highest BCUT2D eigenvalue weighted by atomic mass is 32.2. The highest BCUT2D eigenvalue weighted by Gasteiger charge is 2.33. The molecule has 3 amide bonds. The van der Waals surface area contributed by atoms with Gasteiger partial charge in [0.1, 0.15) is 17.5 Å². The monoisotopic (exact) mass is 617 g/mol. The summed E-state index contributed by atoms with van der Waals surface area (Å²) in [4.78, 5) is 42.3. The summed E-state index contributed by atoms with van der Waals surface area (Å²) < 4.78 is 45.4. The second-order valence-electron chi connectivity index (χ2n) is 10.7. The second kappa shape index (κ2) is 12.1.